The number of benzene rings is 2. The van der Waals surface area contributed by atoms with Crippen molar-refractivity contribution in [2.45, 2.75) is 4.90 Å². The first kappa shape index (κ1) is 14.3. The number of rotatable bonds is 3. The third-order valence-corrected chi connectivity index (χ3v) is 3.42. The third kappa shape index (κ3) is 2.73. The Morgan fingerprint density at radius 3 is 2.40 bits per heavy atom. The summed E-state index contributed by atoms with van der Waals surface area (Å²) in [4.78, 5) is 0.709. The van der Waals surface area contributed by atoms with Gasteiger partial charge in [-0.3, -0.25) is 0 Å². The van der Waals surface area contributed by atoms with Gasteiger partial charge in [-0.15, -0.1) is 11.8 Å². The minimum Gasteiger partial charge on any atom is -0.352 e. The van der Waals surface area contributed by atoms with Crippen LogP contribution in [0.4, 0.5) is 24.5 Å². The van der Waals surface area contributed by atoms with Gasteiger partial charge in [0.05, 0.1) is 16.9 Å². The average Bonchev–Trinajstić information content (AvgIpc) is 2.44. The van der Waals surface area contributed by atoms with Crippen molar-refractivity contribution in [2.75, 3.05) is 11.6 Å². The highest BCUT2D eigenvalue weighted by molar-refractivity contribution is 7.98. The Labute approximate surface area is 118 Å². The molecular formula is C14H9F3N2S. The lowest BCUT2D eigenvalue weighted by Gasteiger charge is -2.11. The fourth-order valence-corrected chi connectivity index (χ4v) is 2.26. The standard InChI is InChI=1S/C14H9F3N2S/c1-20-14-4-2-3-12(8(14)7-18)19-13-6-10(16)9(15)5-11(13)17/h2-6,19H,1H3. The maximum absolute atomic E-state index is 13.6. The first-order valence-corrected chi connectivity index (χ1v) is 6.78. The predicted octanol–water partition coefficient (Wildman–Crippen LogP) is 4.44. The van der Waals surface area contributed by atoms with Gasteiger partial charge in [-0.05, 0) is 18.4 Å². The molecular weight excluding hydrogens is 285 g/mol. The lowest BCUT2D eigenvalue weighted by Crippen LogP contribution is -1.99. The third-order valence-electron chi connectivity index (χ3n) is 2.64. The molecule has 0 aliphatic carbocycles. The number of thioether (sulfide) groups is 1. The van der Waals surface area contributed by atoms with Crippen molar-refractivity contribution in [3.8, 4) is 6.07 Å². The molecule has 0 aliphatic heterocycles. The van der Waals surface area contributed by atoms with Crippen LogP contribution in [0.15, 0.2) is 35.2 Å². The van der Waals surface area contributed by atoms with Crippen molar-refractivity contribution in [3.63, 3.8) is 0 Å². The molecule has 0 fully saturated rings. The zero-order chi connectivity index (χ0) is 14.7. The molecule has 0 aliphatic rings. The van der Waals surface area contributed by atoms with Crippen LogP contribution in [-0.2, 0) is 0 Å². The van der Waals surface area contributed by atoms with Crippen LogP contribution in [0, 0.1) is 28.8 Å². The predicted molar refractivity (Wildman–Crippen MR) is 72.5 cm³/mol. The summed E-state index contributed by atoms with van der Waals surface area (Å²) in [6.45, 7) is 0. The molecule has 2 nitrogen and oxygen atoms in total. The molecule has 0 amide bonds. The van der Waals surface area contributed by atoms with E-state index in [1.54, 1.807) is 24.5 Å². The summed E-state index contributed by atoms with van der Waals surface area (Å²) < 4.78 is 39.6. The van der Waals surface area contributed by atoms with E-state index in [0.29, 0.717) is 22.2 Å². The average molecular weight is 294 g/mol. The molecule has 0 unspecified atom stereocenters. The van der Waals surface area contributed by atoms with Gasteiger partial charge in [0.1, 0.15) is 11.9 Å². The lowest BCUT2D eigenvalue weighted by atomic mass is 10.2. The number of nitrogens with zero attached hydrogens (tertiary/aromatic N) is 1. The Balaban J connectivity index is 2.46. The van der Waals surface area contributed by atoms with E-state index < -0.39 is 17.5 Å². The summed E-state index contributed by atoms with van der Waals surface area (Å²) in [5.41, 5.74) is 0.437. The van der Waals surface area contributed by atoms with Gasteiger partial charge < -0.3 is 5.32 Å². The van der Waals surface area contributed by atoms with Crippen molar-refractivity contribution in [2.24, 2.45) is 0 Å². The molecule has 2 aromatic carbocycles. The zero-order valence-electron chi connectivity index (χ0n) is 10.4. The van der Waals surface area contributed by atoms with Crippen LogP contribution in [-0.4, -0.2) is 6.26 Å². The number of hydrogen-bond donors (Lipinski definition) is 1. The van der Waals surface area contributed by atoms with Crippen LogP contribution in [0.5, 0.6) is 0 Å². The van der Waals surface area contributed by atoms with Gasteiger partial charge >= 0.3 is 0 Å². The van der Waals surface area contributed by atoms with E-state index in [0.717, 1.165) is 6.07 Å². The van der Waals surface area contributed by atoms with Crippen molar-refractivity contribution in [3.05, 3.63) is 53.3 Å². The summed E-state index contributed by atoms with van der Waals surface area (Å²) in [6, 6.07) is 8.19. The van der Waals surface area contributed by atoms with Gasteiger partial charge in [-0.25, -0.2) is 13.2 Å². The number of nitrogens with one attached hydrogen (secondary N) is 1. The molecule has 0 saturated carbocycles. The molecule has 1 N–H and O–H groups in total. The van der Waals surface area contributed by atoms with Gasteiger partial charge in [0.2, 0.25) is 0 Å². The second-order valence-electron chi connectivity index (χ2n) is 3.87. The van der Waals surface area contributed by atoms with Gasteiger partial charge in [-0.2, -0.15) is 5.26 Å². The molecule has 0 aromatic heterocycles. The van der Waals surface area contributed by atoms with E-state index in [2.05, 4.69) is 5.32 Å². The molecule has 0 radical (unpaired) electrons. The van der Waals surface area contributed by atoms with Crippen LogP contribution >= 0.6 is 11.8 Å². The number of nitriles is 1. The SMILES string of the molecule is CSc1cccc(Nc2cc(F)c(F)cc2F)c1C#N. The van der Waals surface area contributed by atoms with E-state index in [1.165, 1.54) is 11.8 Å². The van der Waals surface area contributed by atoms with Crippen LogP contribution in [0.3, 0.4) is 0 Å². The maximum atomic E-state index is 13.6. The van der Waals surface area contributed by atoms with Crippen molar-refractivity contribution < 1.29 is 13.2 Å². The van der Waals surface area contributed by atoms with Crippen LogP contribution < -0.4 is 5.32 Å². The molecule has 0 atom stereocenters. The highest BCUT2D eigenvalue weighted by Gasteiger charge is 2.13. The first-order valence-electron chi connectivity index (χ1n) is 5.55. The van der Waals surface area contributed by atoms with Crippen molar-refractivity contribution >= 4 is 23.1 Å². The van der Waals surface area contributed by atoms with E-state index >= 15 is 0 Å². The van der Waals surface area contributed by atoms with E-state index in [9.17, 15) is 13.2 Å². The molecule has 6 heteroatoms. The molecule has 20 heavy (non-hydrogen) atoms. The molecule has 0 saturated heterocycles. The summed E-state index contributed by atoms with van der Waals surface area (Å²) in [5, 5.41) is 11.8. The topological polar surface area (TPSA) is 35.8 Å². The minimum atomic E-state index is -1.26. The molecule has 102 valence electrons. The van der Waals surface area contributed by atoms with Crippen LogP contribution in [0.2, 0.25) is 0 Å². The molecule has 0 heterocycles. The zero-order valence-corrected chi connectivity index (χ0v) is 11.2. The summed E-state index contributed by atoms with van der Waals surface area (Å²) in [5.74, 6) is -3.35. The van der Waals surface area contributed by atoms with E-state index in [-0.39, 0.29) is 5.69 Å². The van der Waals surface area contributed by atoms with Gasteiger partial charge in [-0.1, -0.05) is 6.07 Å². The summed E-state index contributed by atoms with van der Waals surface area (Å²) in [7, 11) is 0. The monoisotopic (exact) mass is 294 g/mol. The largest absolute Gasteiger partial charge is 0.352 e. The maximum Gasteiger partial charge on any atom is 0.161 e. The fourth-order valence-electron chi connectivity index (χ4n) is 1.68. The Morgan fingerprint density at radius 2 is 1.75 bits per heavy atom. The molecule has 2 rings (SSSR count). The van der Waals surface area contributed by atoms with Crippen LogP contribution in [0.1, 0.15) is 5.56 Å². The lowest BCUT2D eigenvalue weighted by molar-refractivity contribution is 0.496. The quantitative estimate of drug-likeness (QED) is 0.671. The van der Waals surface area contributed by atoms with E-state index in [1.807, 2.05) is 6.07 Å². The first-order chi connectivity index (χ1) is 9.56. The molecule has 0 spiro atoms. The van der Waals surface area contributed by atoms with E-state index in [4.69, 9.17) is 5.26 Å². The second-order valence-corrected chi connectivity index (χ2v) is 4.71. The summed E-state index contributed by atoms with van der Waals surface area (Å²) in [6.07, 6.45) is 1.80. The number of anilines is 2. The Kier molecular flexibility index (Phi) is 4.20. The molecule has 0 bridgehead atoms. The van der Waals surface area contributed by atoms with Gasteiger partial charge in [0.25, 0.3) is 0 Å². The highest BCUT2D eigenvalue weighted by atomic mass is 32.2. The Hall–Kier alpha value is -2.13. The van der Waals surface area contributed by atoms with Crippen molar-refractivity contribution in [1.29, 1.82) is 5.26 Å². The second kappa shape index (κ2) is 5.88. The highest BCUT2D eigenvalue weighted by Crippen LogP contribution is 2.30. The fraction of sp³-hybridized carbons (Fsp3) is 0.0714. The van der Waals surface area contributed by atoms with Gasteiger partial charge in [0, 0.05) is 17.0 Å². The summed E-state index contributed by atoms with van der Waals surface area (Å²) >= 11 is 1.36. The van der Waals surface area contributed by atoms with Crippen molar-refractivity contribution in [1.82, 2.24) is 0 Å². The van der Waals surface area contributed by atoms with Gasteiger partial charge in [0.15, 0.2) is 11.6 Å². The molecule has 2 aromatic rings. The minimum absolute atomic E-state index is 0.223. The Bertz CT molecular complexity index is 696. The number of halogens is 3. The Morgan fingerprint density at radius 1 is 1.05 bits per heavy atom. The smallest absolute Gasteiger partial charge is 0.161 e. The van der Waals surface area contributed by atoms with Crippen LogP contribution in [0.25, 0.3) is 0 Å². The number of hydrogen-bond acceptors (Lipinski definition) is 3. The normalized spacial score (nSPS) is 10.2.